The minimum atomic E-state index is -3.16. The Morgan fingerprint density at radius 1 is 0.864 bits per heavy atom. The van der Waals surface area contributed by atoms with E-state index in [4.69, 9.17) is 14.0 Å². The Morgan fingerprint density at radius 2 is 1.32 bits per heavy atom. The van der Waals surface area contributed by atoms with E-state index in [9.17, 15) is 4.57 Å². The number of hydrogen-bond acceptors (Lipinski definition) is 6. The zero-order chi connectivity index (χ0) is 15.3. The number of morpholine rings is 2. The van der Waals surface area contributed by atoms with Gasteiger partial charge in [-0.05, 0) is 12.8 Å². The van der Waals surface area contributed by atoms with E-state index in [1.165, 1.54) is 0 Å². The van der Waals surface area contributed by atoms with Gasteiger partial charge in [0.25, 0.3) is 0 Å². The van der Waals surface area contributed by atoms with Crippen molar-refractivity contribution < 1.29 is 18.6 Å². The number of hydrogen-bond donors (Lipinski definition) is 2. The molecule has 2 saturated heterocycles. The molecule has 0 radical (unpaired) electrons. The van der Waals surface area contributed by atoms with Gasteiger partial charge >= 0.3 is 7.67 Å². The fourth-order valence-corrected chi connectivity index (χ4v) is 4.89. The van der Waals surface area contributed by atoms with Gasteiger partial charge in [-0.25, -0.2) is 10.0 Å². The van der Waals surface area contributed by atoms with Gasteiger partial charge < -0.3 is 14.0 Å². The first-order valence-corrected chi connectivity index (χ1v) is 9.86. The third-order valence-electron chi connectivity index (χ3n) is 4.17. The van der Waals surface area contributed by atoms with E-state index in [0.29, 0.717) is 52.6 Å². The molecule has 0 aromatic carbocycles. The van der Waals surface area contributed by atoms with Crippen molar-refractivity contribution in [3.05, 3.63) is 0 Å². The molecule has 0 aromatic heterocycles. The molecule has 3 aliphatic rings. The molecule has 1 saturated carbocycles. The second kappa shape index (κ2) is 8.17. The monoisotopic (exact) mass is 334 g/mol. The average Bonchev–Trinajstić information content (AvgIpc) is 3.01. The Labute approximate surface area is 131 Å². The molecule has 3 fully saturated rings. The smallest absolute Gasteiger partial charge is 0.367 e. The Hall–Kier alpha value is -0.0500. The quantitative estimate of drug-likeness (QED) is 0.689. The molecule has 22 heavy (non-hydrogen) atoms. The van der Waals surface area contributed by atoms with Crippen molar-refractivity contribution in [2.24, 2.45) is 0 Å². The Balaban J connectivity index is 1.61. The van der Waals surface area contributed by atoms with E-state index in [1.54, 1.807) is 0 Å². The minimum Gasteiger partial charge on any atom is -0.379 e. The number of rotatable bonds is 6. The lowest BCUT2D eigenvalue weighted by Crippen LogP contribution is -2.51. The maximum Gasteiger partial charge on any atom is 0.367 e. The number of nitrogens with one attached hydrogen (secondary N) is 2. The number of nitrogens with zero attached hydrogens (tertiary/aromatic N) is 2. The first kappa shape index (κ1) is 16.8. The van der Waals surface area contributed by atoms with Crippen LogP contribution < -0.4 is 10.4 Å². The molecule has 0 spiro atoms. The van der Waals surface area contributed by atoms with Crippen molar-refractivity contribution in [3.8, 4) is 0 Å². The van der Waals surface area contributed by atoms with Crippen LogP contribution in [0.2, 0.25) is 0 Å². The number of hydrazine groups is 2. The van der Waals surface area contributed by atoms with E-state index in [2.05, 4.69) is 10.4 Å². The van der Waals surface area contributed by atoms with Gasteiger partial charge in [0, 0.05) is 26.2 Å². The molecule has 1 aliphatic carbocycles. The van der Waals surface area contributed by atoms with E-state index >= 15 is 0 Å². The van der Waals surface area contributed by atoms with Crippen molar-refractivity contribution in [1.82, 2.24) is 20.4 Å². The average molecular weight is 334 g/mol. The molecule has 2 aliphatic heterocycles. The highest BCUT2D eigenvalue weighted by Crippen LogP contribution is 2.43. The van der Waals surface area contributed by atoms with Gasteiger partial charge in [-0.15, -0.1) is 0 Å². The third-order valence-corrected chi connectivity index (χ3v) is 5.86. The number of ether oxygens (including phenoxy) is 2. The fourth-order valence-electron chi connectivity index (χ4n) is 2.97. The van der Waals surface area contributed by atoms with Crippen molar-refractivity contribution >= 4 is 7.67 Å². The first-order valence-electron chi connectivity index (χ1n) is 8.23. The van der Waals surface area contributed by atoms with Crippen LogP contribution in [0.15, 0.2) is 0 Å². The summed E-state index contributed by atoms with van der Waals surface area (Å²) < 4.78 is 29.9. The summed E-state index contributed by atoms with van der Waals surface area (Å²) in [6, 6.07) is 0. The molecule has 0 bridgehead atoms. The molecule has 2 heterocycles. The normalized spacial score (nSPS) is 26.5. The zero-order valence-electron chi connectivity index (χ0n) is 13.0. The molecule has 0 amide bonds. The predicted octanol–water partition coefficient (Wildman–Crippen LogP) is 0.727. The van der Waals surface area contributed by atoms with Crippen LogP contribution in [-0.4, -0.2) is 68.7 Å². The van der Waals surface area contributed by atoms with Crippen LogP contribution in [0.4, 0.5) is 0 Å². The van der Waals surface area contributed by atoms with Crippen molar-refractivity contribution in [3.63, 3.8) is 0 Å². The topological polar surface area (TPSA) is 75.3 Å². The van der Waals surface area contributed by atoms with Crippen molar-refractivity contribution in [1.29, 1.82) is 0 Å². The first-order chi connectivity index (χ1) is 10.7. The summed E-state index contributed by atoms with van der Waals surface area (Å²) in [4.78, 5) is 0. The van der Waals surface area contributed by atoms with Crippen LogP contribution in [0, 0.1) is 0 Å². The minimum absolute atomic E-state index is 0.0768. The fraction of sp³-hybridized carbons (Fsp3) is 1.00. The molecule has 8 nitrogen and oxygen atoms in total. The molecular formula is C13H27N4O4P. The van der Waals surface area contributed by atoms with Crippen LogP contribution in [0.1, 0.15) is 25.7 Å². The zero-order valence-corrected chi connectivity index (χ0v) is 13.9. The van der Waals surface area contributed by atoms with E-state index < -0.39 is 7.67 Å². The second-order valence-electron chi connectivity index (χ2n) is 5.96. The largest absolute Gasteiger partial charge is 0.379 e. The molecule has 2 N–H and O–H groups in total. The molecule has 0 atom stereocenters. The van der Waals surface area contributed by atoms with E-state index in [1.807, 2.05) is 10.0 Å². The Morgan fingerprint density at radius 3 is 1.77 bits per heavy atom. The SMILES string of the molecule is O=P(NN1CCOCC1)(NN1CCOCC1)OC1CCCC1. The lowest BCUT2D eigenvalue weighted by atomic mass is 10.3. The van der Waals surface area contributed by atoms with Crippen molar-refractivity contribution in [2.75, 3.05) is 52.6 Å². The molecular weight excluding hydrogens is 307 g/mol. The standard InChI is InChI=1S/C13H27N4O4P/c18-22(21-13-3-1-2-4-13,14-16-5-9-19-10-6-16)15-17-7-11-20-12-8-17/h13H,1-12H2,(H2,14,15,18). The summed E-state index contributed by atoms with van der Waals surface area (Å²) in [7, 11) is -3.16. The summed E-state index contributed by atoms with van der Waals surface area (Å²) in [6.45, 7) is 5.43. The summed E-state index contributed by atoms with van der Waals surface area (Å²) in [6.07, 6.45) is 4.35. The highest BCUT2D eigenvalue weighted by atomic mass is 31.2. The maximum atomic E-state index is 13.3. The van der Waals surface area contributed by atoms with Gasteiger partial charge in [0.2, 0.25) is 0 Å². The summed E-state index contributed by atoms with van der Waals surface area (Å²) in [5.41, 5.74) is 0. The lowest BCUT2D eigenvalue weighted by Gasteiger charge is -2.36. The van der Waals surface area contributed by atoms with Crippen LogP contribution >= 0.6 is 7.67 Å². The van der Waals surface area contributed by atoms with E-state index in [-0.39, 0.29) is 6.10 Å². The third kappa shape index (κ3) is 4.97. The Bertz CT molecular complexity index is 358. The van der Waals surface area contributed by atoms with Gasteiger partial charge in [-0.2, -0.15) is 10.4 Å². The molecule has 0 unspecified atom stereocenters. The molecule has 3 rings (SSSR count). The Kier molecular flexibility index (Phi) is 6.24. The van der Waals surface area contributed by atoms with Crippen LogP contribution in [0.3, 0.4) is 0 Å². The second-order valence-corrected chi connectivity index (χ2v) is 7.68. The van der Waals surface area contributed by atoms with E-state index in [0.717, 1.165) is 25.7 Å². The van der Waals surface area contributed by atoms with Gasteiger partial charge in [0.05, 0.1) is 32.5 Å². The van der Waals surface area contributed by atoms with Gasteiger partial charge in [-0.1, -0.05) is 12.8 Å². The summed E-state index contributed by atoms with van der Waals surface area (Å²) in [5.74, 6) is 0. The summed E-state index contributed by atoms with van der Waals surface area (Å²) >= 11 is 0. The molecule has 9 heteroatoms. The summed E-state index contributed by atoms with van der Waals surface area (Å²) in [5, 5.41) is 10.1. The predicted molar refractivity (Wildman–Crippen MR) is 82.0 cm³/mol. The highest BCUT2D eigenvalue weighted by molar-refractivity contribution is 7.54. The van der Waals surface area contributed by atoms with Crippen LogP contribution in [0.25, 0.3) is 0 Å². The molecule has 128 valence electrons. The highest BCUT2D eigenvalue weighted by Gasteiger charge is 2.34. The molecule has 0 aromatic rings. The maximum absolute atomic E-state index is 13.3. The van der Waals surface area contributed by atoms with Gasteiger partial charge in [-0.3, -0.25) is 4.57 Å². The van der Waals surface area contributed by atoms with Gasteiger partial charge in [0.15, 0.2) is 0 Å². The van der Waals surface area contributed by atoms with Crippen LogP contribution in [-0.2, 0) is 18.6 Å². The van der Waals surface area contributed by atoms with Crippen LogP contribution in [0.5, 0.6) is 0 Å². The van der Waals surface area contributed by atoms with Crippen molar-refractivity contribution in [2.45, 2.75) is 31.8 Å². The van der Waals surface area contributed by atoms with Gasteiger partial charge in [0.1, 0.15) is 0 Å². The lowest BCUT2D eigenvalue weighted by molar-refractivity contribution is 0.0106.